The lowest BCUT2D eigenvalue weighted by molar-refractivity contribution is -0.121. The van der Waals surface area contributed by atoms with Crippen molar-refractivity contribution in [1.29, 1.82) is 0 Å². The Bertz CT molecular complexity index is 1150. The topological polar surface area (TPSA) is 99.2 Å². The van der Waals surface area contributed by atoms with Crippen LogP contribution in [0.25, 0.3) is 0 Å². The summed E-state index contributed by atoms with van der Waals surface area (Å²) in [6.07, 6.45) is 2.07. The number of amides is 2. The van der Waals surface area contributed by atoms with E-state index < -0.39 is 10.0 Å². The Kier molecular flexibility index (Phi) is 5.77. The van der Waals surface area contributed by atoms with E-state index in [4.69, 9.17) is 0 Å². The largest absolute Gasteiger partial charge is 0.350 e. The highest BCUT2D eigenvalue weighted by molar-refractivity contribution is 7.90. The highest BCUT2D eigenvalue weighted by Gasteiger charge is 2.30. The van der Waals surface area contributed by atoms with Crippen LogP contribution in [0.1, 0.15) is 34.3 Å². The zero-order valence-electron chi connectivity index (χ0n) is 17.2. The maximum absolute atomic E-state index is 12.6. The third-order valence-corrected chi connectivity index (χ3v) is 6.74. The monoisotopic (exact) mass is 440 g/mol. The van der Waals surface area contributed by atoms with E-state index in [0.29, 0.717) is 11.1 Å². The fourth-order valence-electron chi connectivity index (χ4n) is 3.83. The lowest BCUT2D eigenvalue weighted by Gasteiger charge is -2.19. The summed E-state index contributed by atoms with van der Waals surface area (Å²) in [5.74, 6) is -0.00302. The van der Waals surface area contributed by atoms with E-state index in [1.54, 1.807) is 37.4 Å². The third-order valence-electron chi connectivity index (χ3n) is 5.41. The first-order valence-corrected chi connectivity index (χ1v) is 11.6. The minimum absolute atomic E-state index is 0.0181. The van der Waals surface area contributed by atoms with Crippen molar-refractivity contribution in [1.82, 2.24) is 15.1 Å². The number of nitrogens with one attached hydrogen (secondary N) is 1. The minimum atomic E-state index is -3.73. The van der Waals surface area contributed by atoms with Gasteiger partial charge in [-0.05, 0) is 42.7 Å². The number of hydrogen-bond acceptors (Lipinski definition) is 5. The molecular formula is C22H24N4O4S. The van der Waals surface area contributed by atoms with Gasteiger partial charge in [-0.15, -0.1) is 4.40 Å². The van der Waals surface area contributed by atoms with E-state index in [1.807, 2.05) is 17.0 Å². The van der Waals surface area contributed by atoms with Crippen LogP contribution < -0.4 is 5.32 Å². The Morgan fingerprint density at radius 1 is 1.10 bits per heavy atom. The summed E-state index contributed by atoms with van der Waals surface area (Å²) in [6.45, 7) is 1.80. The molecule has 9 heteroatoms. The summed E-state index contributed by atoms with van der Waals surface area (Å²) in [6, 6.07) is 13.8. The van der Waals surface area contributed by atoms with Gasteiger partial charge in [0.2, 0.25) is 5.91 Å². The maximum Gasteiger partial charge on any atom is 0.285 e. The molecule has 0 atom stereocenters. The number of hydrogen-bond donors (Lipinski definition) is 1. The number of nitrogens with zero attached hydrogens (tertiary/aromatic N) is 3. The lowest BCUT2D eigenvalue weighted by atomic mass is 10.1. The van der Waals surface area contributed by atoms with Crippen LogP contribution in [0.2, 0.25) is 0 Å². The van der Waals surface area contributed by atoms with Crippen LogP contribution in [-0.2, 0) is 21.4 Å². The first-order chi connectivity index (χ1) is 14.8. The van der Waals surface area contributed by atoms with Crippen molar-refractivity contribution >= 4 is 27.7 Å². The molecule has 1 fully saturated rings. The fourth-order valence-corrected chi connectivity index (χ4v) is 5.08. The number of carbonyl (C=O) groups excluding carboxylic acids is 2. The molecule has 0 radical (unpaired) electrons. The van der Waals surface area contributed by atoms with Gasteiger partial charge in [0.25, 0.3) is 15.9 Å². The molecule has 0 spiro atoms. The van der Waals surface area contributed by atoms with Gasteiger partial charge in [-0.3, -0.25) is 9.59 Å². The van der Waals surface area contributed by atoms with Crippen LogP contribution in [0.4, 0.5) is 0 Å². The predicted octanol–water partition coefficient (Wildman–Crippen LogP) is 1.62. The normalized spacial score (nSPS) is 16.5. The number of benzene rings is 2. The molecule has 31 heavy (non-hydrogen) atoms. The van der Waals surface area contributed by atoms with Gasteiger partial charge in [-0.1, -0.05) is 24.3 Å². The molecule has 2 amide bonds. The molecule has 4 rings (SSSR count). The van der Waals surface area contributed by atoms with Crippen molar-refractivity contribution in [3.05, 3.63) is 65.2 Å². The standard InChI is InChI=1S/C22H24N4O4S/c1-25(21-18-9-2-3-10-19(18)31(29,30)24-21)15-20(27)23-14-16-7-6-8-17(13-16)22(28)26-11-4-5-12-26/h2-3,6-10,13H,4-5,11-12,14-15H2,1H3,(H,23,27). The number of fused-ring (bicyclic) bond motifs is 1. The molecule has 0 bridgehead atoms. The zero-order chi connectivity index (χ0) is 22.0. The van der Waals surface area contributed by atoms with Crippen molar-refractivity contribution in [3.63, 3.8) is 0 Å². The van der Waals surface area contributed by atoms with Crippen molar-refractivity contribution in [3.8, 4) is 0 Å². The molecule has 2 aliphatic rings. The molecule has 2 aliphatic heterocycles. The second kappa shape index (κ2) is 8.50. The molecule has 2 aromatic rings. The molecule has 0 aliphatic carbocycles. The molecule has 2 heterocycles. The molecular weight excluding hydrogens is 416 g/mol. The summed E-state index contributed by atoms with van der Waals surface area (Å²) in [5.41, 5.74) is 1.94. The van der Waals surface area contributed by atoms with Gasteiger partial charge < -0.3 is 15.1 Å². The number of carbonyl (C=O) groups is 2. The van der Waals surface area contributed by atoms with E-state index in [-0.39, 0.29) is 35.6 Å². The van der Waals surface area contributed by atoms with Crippen LogP contribution in [0.5, 0.6) is 0 Å². The Morgan fingerprint density at radius 3 is 2.61 bits per heavy atom. The predicted molar refractivity (Wildman–Crippen MR) is 116 cm³/mol. The van der Waals surface area contributed by atoms with Crippen LogP contribution >= 0.6 is 0 Å². The maximum atomic E-state index is 12.6. The van der Waals surface area contributed by atoms with E-state index in [0.717, 1.165) is 31.5 Å². The van der Waals surface area contributed by atoms with Crippen molar-refractivity contribution in [2.45, 2.75) is 24.3 Å². The second-order valence-electron chi connectivity index (χ2n) is 7.72. The summed E-state index contributed by atoms with van der Waals surface area (Å²) in [5, 5.41) is 2.82. The summed E-state index contributed by atoms with van der Waals surface area (Å²) in [7, 11) is -2.10. The number of sulfonamides is 1. The summed E-state index contributed by atoms with van der Waals surface area (Å²) >= 11 is 0. The zero-order valence-corrected chi connectivity index (χ0v) is 18.1. The van der Waals surface area contributed by atoms with Gasteiger partial charge in [0.15, 0.2) is 5.84 Å². The van der Waals surface area contributed by atoms with Gasteiger partial charge in [0.1, 0.15) is 4.90 Å². The smallest absolute Gasteiger partial charge is 0.285 e. The van der Waals surface area contributed by atoms with Gasteiger partial charge >= 0.3 is 0 Å². The Balaban J connectivity index is 1.37. The van der Waals surface area contributed by atoms with Crippen LogP contribution in [-0.4, -0.2) is 62.5 Å². The molecule has 162 valence electrons. The van der Waals surface area contributed by atoms with Crippen LogP contribution in [0.15, 0.2) is 57.8 Å². The van der Waals surface area contributed by atoms with Gasteiger partial charge in [-0.2, -0.15) is 8.42 Å². The average molecular weight is 441 g/mol. The van der Waals surface area contributed by atoms with E-state index >= 15 is 0 Å². The highest BCUT2D eigenvalue weighted by atomic mass is 32.2. The molecule has 0 unspecified atom stereocenters. The van der Waals surface area contributed by atoms with Crippen LogP contribution in [0, 0.1) is 0 Å². The van der Waals surface area contributed by atoms with Gasteiger partial charge in [-0.25, -0.2) is 0 Å². The molecule has 2 aromatic carbocycles. The van der Waals surface area contributed by atoms with E-state index in [2.05, 4.69) is 9.71 Å². The molecule has 0 aromatic heterocycles. The molecule has 8 nitrogen and oxygen atoms in total. The number of amidine groups is 1. The number of likely N-dealkylation sites (tertiary alicyclic amines) is 1. The summed E-state index contributed by atoms with van der Waals surface area (Å²) < 4.78 is 28.2. The number of rotatable bonds is 5. The van der Waals surface area contributed by atoms with Crippen molar-refractivity contribution in [2.24, 2.45) is 4.40 Å². The third kappa shape index (κ3) is 4.46. The fraction of sp³-hybridized carbons (Fsp3) is 0.318. The number of likely N-dealkylation sites (N-methyl/N-ethyl adjacent to an activating group) is 1. The van der Waals surface area contributed by atoms with Gasteiger partial charge in [0, 0.05) is 37.8 Å². The van der Waals surface area contributed by atoms with Crippen molar-refractivity contribution in [2.75, 3.05) is 26.7 Å². The molecule has 0 saturated carbocycles. The molecule has 1 saturated heterocycles. The first-order valence-electron chi connectivity index (χ1n) is 10.2. The average Bonchev–Trinajstić information content (AvgIpc) is 3.39. The highest BCUT2D eigenvalue weighted by Crippen LogP contribution is 2.26. The van der Waals surface area contributed by atoms with Crippen molar-refractivity contribution < 1.29 is 18.0 Å². The first kappa shape index (κ1) is 21.0. The van der Waals surface area contributed by atoms with E-state index in [1.165, 1.54) is 11.0 Å². The Hall–Kier alpha value is -3.20. The summed E-state index contributed by atoms with van der Waals surface area (Å²) in [4.78, 5) is 28.5. The lowest BCUT2D eigenvalue weighted by Crippen LogP contribution is -2.38. The Morgan fingerprint density at radius 2 is 1.84 bits per heavy atom. The minimum Gasteiger partial charge on any atom is -0.350 e. The molecule has 1 N–H and O–H groups in total. The quantitative estimate of drug-likeness (QED) is 0.762. The van der Waals surface area contributed by atoms with Crippen LogP contribution in [0.3, 0.4) is 0 Å². The SMILES string of the molecule is CN(CC(=O)NCc1cccc(C(=O)N2CCCC2)c1)C1=NS(=O)(=O)c2ccccc21. The second-order valence-corrected chi connectivity index (χ2v) is 9.29. The van der Waals surface area contributed by atoms with E-state index in [9.17, 15) is 18.0 Å². The Labute approximate surface area is 181 Å². The van der Waals surface area contributed by atoms with Gasteiger partial charge in [0.05, 0.1) is 6.54 Å².